The Balaban J connectivity index is 3.89. The van der Waals surface area contributed by atoms with Gasteiger partial charge in [0.2, 0.25) is 0 Å². The molecule has 0 bridgehead atoms. The largest absolute Gasteiger partial charge is 0.332 e. The molecular formula is C9H17BrCl2O3P. The number of halogens is 3. The monoisotopic (exact) mass is 353 g/mol. The minimum Gasteiger partial charge on any atom is -0.312 e. The van der Waals surface area contributed by atoms with Crippen LogP contribution >= 0.6 is 47.7 Å². The number of hydrogen-bond acceptors (Lipinski definition) is 3. The van der Waals surface area contributed by atoms with E-state index >= 15 is 0 Å². The van der Waals surface area contributed by atoms with E-state index in [-0.39, 0.29) is 5.41 Å². The zero-order valence-electron chi connectivity index (χ0n) is 9.26. The lowest BCUT2D eigenvalue weighted by Crippen LogP contribution is -2.20. The molecule has 1 radical (unpaired) electrons. The third-order valence-electron chi connectivity index (χ3n) is 1.39. The van der Waals surface area contributed by atoms with Gasteiger partial charge >= 0.3 is 8.60 Å². The van der Waals surface area contributed by atoms with Gasteiger partial charge < -0.3 is 13.6 Å². The van der Waals surface area contributed by atoms with E-state index in [2.05, 4.69) is 22.9 Å². The van der Waals surface area contributed by atoms with E-state index in [1.807, 2.05) is 6.92 Å². The van der Waals surface area contributed by atoms with Crippen molar-refractivity contribution in [3.05, 3.63) is 6.92 Å². The lowest BCUT2D eigenvalue weighted by atomic mass is 9.99. The zero-order valence-corrected chi connectivity index (χ0v) is 13.2. The summed E-state index contributed by atoms with van der Waals surface area (Å²) in [6.45, 7) is 7.23. The van der Waals surface area contributed by atoms with Crippen molar-refractivity contribution in [1.82, 2.24) is 0 Å². The van der Waals surface area contributed by atoms with Crippen molar-refractivity contribution < 1.29 is 13.6 Å². The molecule has 0 heterocycles. The van der Waals surface area contributed by atoms with Crippen molar-refractivity contribution in [2.45, 2.75) is 6.92 Å². The van der Waals surface area contributed by atoms with Gasteiger partial charge in [-0.3, -0.25) is 0 Å². The second-order valence-electron chi connectivity index (χ2n) is 3.49. The molecule has 0 aromatic heterocycles. The molecule has 0 aliphatic rings. The molecule has 0 aliphatic carbocycles. The first kappa shape index (κ1) is 17.4. The Kier molecular flexibility index (Phi) is 11.2. The minimum absolute atomic E-state index is 0.199. The van der Waals surface area contributed by atoms with Crippen LogP contribution in [0.15, 0.2) is 0 Å². The Morgan fingerprint density at radius 1 is 1.19 bits per heavy atom. The van der Waals surface area contributed by atoms with Gasteiger partial charge in [0.15, 0.2) is 0 Å². The predicted octanol–water partition coefficient (Wildman–Crippen LogP) is 3.98. The lowest BCUT2D eigenvalue weighted by molar-refractivity contribution is 0.141. The van der Waals surface area contributed by atoms with Gasteiger partial charge in [-0.2, -0.15) is 0 Å². The summed E-state index contributed by atoms with van der Waals surface area (Å²) in [4.78, 5) is 0. The van der Waals surface area contributed by atoms with Gasteiger partial charge in [-0.25, -0.2) is 0 Å². The molecule has 0 N–H and O–H groups in total. The van der Waals surface area contributed by atoms with Gasteiger partial charge in [0.05, 0.1) is 19.8 Å². The Bertz CT molecular complexity index is 167. The number of hydrogen-bond donors (Lipinski definition) is 0. The van der Waals surface area contributed by atoms with Crippen molar-refractivity contribution in [3.8, 4) is 0 Å². The zero-order chi connectivity index (χ0) is 12.4. The maximum atomic E-state index is 5.53. The summed E-state index contributed by atoms with van der Waals surface area (Å²) in [5.74, 6) is 0.818. The molecule has 0 aliphatic heterocycles. The molecule has 3 nitrogen and oxygen atoms in total. The molecule has 1 unspecified atom stereocenters. The number of alkyl halides is 3. The molecule has 1 atom stereocenters. The second-order valence-corrected chi connectivity index (χ2v) is 6.02. The third kappa shape index (κ3) is 9.41. The van der Waals surface area contributed by atoms with E-state index in [0.717, 1.165) is 5.33 Å². The summed E-state index contributed by atoms with van der Waals surface area (Å²) < 4.78 is 16.2. The summed E-state index contributed by atoms with van der Waals surface area (Å²) in [6.07, 6.45) is 0. The van der Waals surface area contributed by atoms with Crippen LogP contribution in [-0.2, 0) is 13.6 Å². The topological polar surface area (TPSA) is 27.7 Å². The molecule has 7 heteroatoms. The molecular weight excluding hydrogens is 338 g/mol. The van der Waals surface area contributed by atoms with Gasteiger partial charge in [0.1, 0.15) is 0 Å². The third-order valence-corrected chi connectivity index (χ3v) is 4.18. The average molecular weight is 355 g/mol. The Hall–Kier alpha value is 1.37. The van der Waals surface area contributed by atoms with Crippen LogP contribution in [0.3, 0.4) is 0 Å². The van der Waals surface area contributed by atoms with E-state index in [0.29, 0.717) is 31.6 Å². The summed E-state index contributed by atoms with van der Waals surface area (Å²) in [6, 6.07) is 0. The summed E-state index contributed by atoms with van der Waals surface area (Å²) >= 11 is 14.4. The van der Waals surface area contributed by atoms with Crippen LogP contribution in [0.2, 0.25) is 0 Å². The molecule has 0 amide bonds. The summed E-state index contributed by atoms with van der Waals surface area (Å²) in [5, 5.41) is 0.744. The number of rotatable bonds is 10. The summed E-state index contributed by atoms with van der Waals surface area (Å²) in [5.41, 5.74) is -0.199. The Morgan fingerprint density at radius 2 is 1.69 bits per heavy atom. The Labute approximate surface area is 117 Å². The highest BCUT2D eigenvalue weighted by molar-refractivity contribution is 9.09. The maximum Gasteiger partial charge on any atom is 0.332 e. The smallest absolute Gasteiger partial charge is 0.312 e. The van der Waals surface area contributed by atoms with Crippen LogP contribution < -0.4 is 0 Å². The maximum absolute atomic E-state index is 5.53. The first-order chi connectivity index (χ1) is 7.55. The molecule has 0 saturated heterocycles. The standard InChI is InChI=1S/C9H17BrCl2O3P/c1-9(2,7-10)8-15-16(13-5-3-11)14-6-4-12/h1,3-8H2,2H3. The van der Waals surface area contributed by atoms with Gasteiger partial charge in [-0.05, 0) is 6.92 Å². The van der Waals surface area contributed by atoms with Gasteiger partial charge in [0, 0.05) is 22.5 Å². The molecule has 0 aromatic rings. The normalized spacial score (nSPS) is 12.4. The molecule has 0 aromatic carbocycles. The first-order valence-electron chi connectivity index (χ1n) is 4.78. The SMILES string of the molecule is [CH2]C(C)(CBr)COP(OCCCl)OCCCl. The van der Waals surface area contributed by atoms with Gasteiger partial charge in [0.25, 0.3) is 0 Å². The Morgan fingerprint density at radius 3 is 2.06 bits per heavy atom. The van der Waals surface area contributed by atoms with Crippen LogP contribution in [0, 0.1) is 12.3 Å². The van der Waals surface area contributed by atoms with Crippen molar-refractivity contribution >= 4 is 47.7 Å². The fourth-order valence-electron chi connectivity index (χ4n) is 0.577. The fourth-order valence-corrected chi connectivity index (χ4v) is 2.23. The van der Waals surface area contributed by atoms with Crippen molar-refractivity contribution in [2.24, 2.45) is 5.41 Å². The highest BCUT2D eigenvalue weighted by atomic mass is 79.9. The van der Waals surface area contributed by atoms with E-state index in [4.69, 9.17) is 36.8 Å². The van der Waals surface area contributed by atoms with Crippen LogP contribution in [0.4, 0.5) is 0 Å². The van der Waals surface area contributed by atoms with Crippen LogP contribution in [-0.4, -0.2) is 36.9 Å². The van der Waals surface area contributed by atoms with Crippen LogP contribution in [0.1, 0.15) is 6.92 Å². The molecule has 0 saturated carbocycles. The highest BCUT2D eigenvalue weighted by Gasteiger charge is 2.21. The molecule has 97 valence electrons. The van der Waals surface area contributed by atoms with Gasteiger partial charge in [-0.1, -0.05) is 22.9 Å². The fraction of sp³-hybridized carbons (Fsp3) is 0.889. The van der Waals surface area contributed by atoms with E-state index < -0.39 is 8.60 Å². The predicted molar refractivity (Wildman–Crippen MR) is 73.5 cm³/mol. The van der Waals surface area contributed by atoms with Crippen molar-refractivity contribution in [1.29, 1.82) is 0 Å². The van der Waals surface area contributed by atoms with Gasteiger partial charge in [-0.15, -0.1) is 23.2 Å². The second kappa shape index (κ2) is 10.3. The van der Waals surface area contributed by atoms with Crippen molar-refractivity contribution in [2.75, 3.05) is 36.9 Å². The average Bonchev–Trinajstić information content (AvgIpc) is 2.28. The first-order valence-corrected chi connectivity index (χ1v) is 8.06. The van der Waals surface area contributed by atoms with E-state index in [1.165, 1.54) is 0 Å². The molecule has 0 spiro atoms. The molecule has 16 heavy (non-hydrogen) atoms. The quantitative estimate of drug-likeness (QED) is 0.438. The highest BCUT2D eigenvalue weighted by Crippen LogP contribution is 2.41. The van der Waals surface area contributed by atoms with Crippen LogP contribution in [0.5, 0.6) is 0 Å². The minimum atomic E-state index is -1.37. The molecule has 0 fully saturated rings. The lowest BCUT2D eigenvalue weighted by Gasteiger charge is -2.24. The molecule has 0 rings (SSSR count). The van der Waals surface area contributed by atoms with E-state index in [1.54, 1.807) is 0 Å². The van der Waals surface area contributed by atoms with Crippen molar-refractivity contribution in [3.63, 3.8) is 0 Å². The van der Waals surface area contributed by atoms with Crippen LogP contribution in [0.25, 0.3) is 0 Å². The summed E-state index contributed by atoms with van der Waals surface area (Å²) in [7, 11) is -1.37. The van der Waals surface area contributed by atoms with E-state index in [9.17, 15) is 0 Å².